The molecule has 3 rings (SSSR count). The summed E-state index contributed by atoms with van der Waals surface area (Å²) in [6.07, 6.45) is 0. The third-order valence-corrected chi connectivity index (χ3v) is 5.98. The predicted octanol–water partition coefficient (Wildman–Crippen LogP) is 4.37. The molecule has 126 valence electrons. The SMILES string of the molecule is COc1cc2sc(=NC(=O)c3cc(Cl)sc3Cl)n(C)c2cc1OC. The van der Waals surface area contributed by atoms with Gasteiger partial charge in [-0.3, -0.25) is 4.79 Å². The summed E-state index contributed by atoms with van der Waals surface area (Å²) in [5.41, 5.74) is 1.19. The van der Waals surface area contributed by atoms with E-state index in [0.717, 1.165) is 21.6 Å². The number of rotatable bonds is 3. The number of fused-ring (bicyclic) bond motifs is 1. The van der Waals surface area contributed by atoms with Gasteiger partial charge in [0.15, 0.2) is 16.3 Å². The molecule has 2 heterocycles. The van der Waals surface area contributed by atoms with Crippen molar-refractivity contribution < 1.29 is 14.3 Å². The van der Waals surface area contributed by atoms with Gasteiger partial charge < -0.3 is 14.0 Å². The van der Waals surface area contributed by atoms with Gasteiger partial charge in [0.2, 0.25) is 0 Å². The molecule has 0 radical (unpaired) electrons. The highest BCUT2D eigenvalue weighted by atomic mass is 35.5. The molecular weight excluding hydrogens is 391 g/mol. The minimum absolute atomic E-state index is 0.305. The van der Waals surface area contributed by atoms with Crippen LogP contribution < -0.4 is 14.3 Å². The maximum Gasteiger partial charge on any atom is 0.282 e. The lowest BCUT2D eigenvalue weighted by atomic mass is 10.3. The standard InChI is InChI=1S/C15H12Cl2N2O3S2/c1-19-8-5-9(21-2)10(22-3)6-11(8)23-15(19)18-14(20)7-4-12(16)24-13(7)17/h4-6H,1-3H3. The predicted molar refractivity (Wildman–Crippen MR) is 98.1 cm³/mol. The highest BCUT2D eigenvalue weighted by molar-refractivity contribution is 7.20. The molecule has 0 saturated heterocycles. The summed E-state index contributed by atoms with van der Waals surface area (Å²) >= 11 is 14.4. The van der Waals surface area contributed by atoms with Gasteiger partial charge in [-0.05, 0) is 6.07 Å². The Morgan fingerprint density at radius 3 is 2.38 bits per heavy atom. The first-order valence-corrected chi connectivity index (χ1v) is 9.09. The summed E-state index contributed by atoms with van der Waals surface area (Å²) in [6, 6.07) is 5.24. The van der Waals surface area contributed by atoms with Crippen molar-refractivity contribution in [2.24, 2.45) is 12.0 Å². The fourth-order valence-corrected chi connectivity index (χ4v) is 4.67. The van der Waals surface area contributed by atoms with E-state index < -0.39 is 5.91 Å². The Labute approximate surface area is 155 Å². The zero-order valence-corrected chi connectivity index (χ0v) is 16.1. The van der Waals surface area contributed by atoms with Crippen LogP contribution in [-0.4, -0.2) is 24.7 Å². The topological polar surface area (TPSA) is 52.8 Å². The van der Waals surface area contributed by atoms with Crippen molar-refractivity contribution in [3.63, 3.8) is 0 Å². The Kier molecular flexibility index (Phi) is 4.87. The van der Waals surface area contributed by atoms with Crippen LogP contribution in [0.25, 0.3) is 10.2 Å². The number of aromatic nitrogens is 1. The Morgan fingerprint density at radius 2 is 1.79 bits per heavy atom. The Morgan fingerprint density at radius 1 is 1.12 bits per heavy atom. The van der Waals surface area contributed by atoms with E-state index in [1.54, 1.807) is 14.2 Å². The Balaban J connectivity index is 2.14. The van der Waals surface area contributed by atoms with E-state index in [9.17, 15) is 4.79 Å². The Bertz CT molecular complexity index is 1000. The smallest absolute Gasteiger partial charge is 0.282 e. The van der Waals surface area contributed by atoms with Crippen molar-refractivity contribution >= 4 is 62.0 Å². The van der Waals surface area contributed by atoms with Crippen molar-refractivity contribution in [1.29, 1.82) is 0 Å². The molecule has 24 heavy (non-hydrogen) atoms. The van der Waals surface area contributed by atoms with Crippen LogP contribution in [0.5, 0.6) is 11.5 Å². The molecule has 0 aliphatic heterocycles. The van der Waals surface area contributed by atoms with Crippen molar-refractivity contribution in [3.05, 3.63) is 37.2 Å². The molecule has 0 saturated carbocycles. The lowest BCUT2D eigenvalue weighted by Crippen LogP contribution is -2.13. The Hall–Kier alpha value is -1.54. The van der Waals surface area contributed by atoms with E-state index in [0.29, 0.717) is 30.5 Å². The number of halogens is 2. The van der Waals surface area contributed by atoms with Crippen LogP contribution in [0.15, 0.2) is 23.2 Å². The number of carbonyl (C=O) groups is 1. The van der Waals surface area contributed by atoms with Crippen LogP contribution in [0.1, 0.15) is 10.4 Å². The molecule has 5 nitrogen and oxygen atoms in total. The molecule has 0 spiro atoms. The summed E-state index contributed by atoms with van der Waals surface area (Å²) < 4.78 is 14.2. The molecule has 1 amide bonds. The number of methoxy groups -OCH3 is 2. The fraction of sp³-hybridized carbons (Fsp3) is 0.200. The highest BCUT2D eigenvalue weighted by Crippen LogP contribution is 2.33. The number of ether oxygens (including phenoxy) is 2. The minimum atomic E-state index is -0.427. The van der Waals surface area contributed by atoms with Crippen molar-refractivity contribution in [1.82, 2.24) is 4.57 Å². The molecule has 0 fully saturated rings. The second-order valence-corrected chi connectivity index (χ2v) is 8.07. The first-order chi connectivity index (χ1) is 11.4. The molecule has 0 unspecified atom stereocenters. The lowest BCUT2D eigenvalue weighted by molar-refractivity contribution is 0.0998. The molecule has 1 aromatic carbocycles. The molecule has 0 N–H and O–H groups in total. The van der Waals surface area contributed by atoms with Gasteiger partial charge in [0.25, 0.3) is 5.91 Å². The van der Waals surface area contributed by atoms with Crippen molar-refractivity contribution in [2.45, 2.75) is 0 Å². The van der Waals surface area contributed by atoms with Gasteiger partial charge in [0, 0.05) is 19.2 Å². The summed E-state index contributed by atoms with van der Waals surface area (Å²) in [5.74, 6) is 0.811. The monoisotopic (exact) mass is 402 g/mol. The summed E-state index contributed by atoms with van der Waals surface area (Å²) in [6.45, 7) is 0. The lowest BCUT2D eigenvalue weighted by Gasteiger charge is -2.07. The number of thiophene rings is 1. The van der Waals surface area contributed by atoms with Gasteiger partial charge in [0.1, 0.15) is 4.34 Å². The third-order valence-electron chi connectivity index (χ3n) is 3.40. The molecule has 0 aliphatic carbocycles. The second-order valence-electron chi connectivity index (χ2n) is 4.77. The maximum atomic E-state index is 12.4. The average molecular weight is 403 g/mol. The van der Waals surface area contributed by atoms with Gasteiger partial charge in [-0.2, -0.15) is 4.99 Å². The van der Waals surface area contributed by atoms with E-state index in [1.807, 2.05) is 23.7 Å². The van der Waals surface area contributed by atoms with Gasteiger partial charge in [-0.15, -0.1) is 11.3 Å². The van der Waals surface area contributed by atoms with Crippen molar-refractivity contribution in [2.75, 3.05) is 14.2 Å². The van der Waals surface area contributed by atoms with Gasteiger partial charge >= 0.3 is 0 Å². The van der Waals surface area contributed by atoms with Gasteiger partial charge in [-0.1, -0.05) is 34.5 Å². The highest BCUT2D eigenvalue weighted by Gasteiger charge is 2.15. The number of benzene rings is 1. The minimum Gasteiger partial charge on any atom is -0.493 e. The number of nitrogens with zero attached hydrogens (tertiary/aromatic N) is 2. The zero-order chi connectivity index (χ0) is 17.4. The first kappa shape index (κ1) is 17.3. The molecule has 0 aliphatic rings. The van der Waals surface area contributed by atoms with Gasteiger partial charge in [-0.25, -0.2) is 0 Å². The first-order valence-electron chi connectivity index (χ1n) is 6.70. The zero-order valence-electron chi connectivity index (χ0n) is 12.9. The number of thiazole rings is 1. The van der Waals surface area contributed by atoms with Crippen LogP contribution in [0.4, 0.5) is 0 Å². The molecule has 3 aromatic rings. The number of hydrogen-bond donors (Lipinski definition) is 0. The normalized spacial score (nSPS) is 12.0. The molecule has 0 atom stereocenters. The van der Waals surface area contributed by atoms with E-state index in [2.05, 4.69) is 4.99 Å². The summed E-state index contributed by atoms with van der Waals surface area (Å²) in [4.78, 5) is 17.1. The van der Waals surface area contributed by atoms with E-state index in [-0.39, 0.29) is 0 Å². The number of amides is 1. The van der Waals surface area contributed by atoms with Gasteiger partial charge in [0.05, 0.1) is 34.3 Å². The number of carbonyl (C=O) groups excluding carboxylic acids is 1. The van der Waals surface area contributed by atoms with Crippen LogP contribution in [0.3, 0.4) is 0 Å². The molecule has 0 bridgehead atoms. The molecule has 9 heteroatoms. The summed E-state index contributed by atoms with van der Waals surface area (Å²) in [7, 11) is 4.99. The fourth-order valence-electron chi connectivity index (χ4n) is 2.19. The average Bonchev–Trinajstić information content (AvgIpc) is 3.05. The quantitative estimate of drug-likeness (QED) is 0.653. The van der Waals surface area contributed by atoms with Crippen LogP contribution in [0.2, 0.25) is 8.67 Å². The molecular formula is C15H12Cl2N2O3S2. The number of hydrogen-bond acceptors (Lipinski definition) is 5. The molecule has 2 aromatic heterocycles. The third kappa shape index (κ3) is 3.04. The largest absolute Gasteiger partial charge is 0.493 e. The summed E-state index contributed by atoms with van der Waals surface area (Å²) in [5, 5.41) is 0. The van der Waals surface area contributed by atoms with E-state index in [4.69, 9.17) is 32.7 Å². The number of aryl methyl sites for hydroxylation is 1. The van der Waals surface area contributed by atoms with Crippen LogP contribution >= 0.6 is 45.9 Å². The van der Waals surface area contributed by atoms with Crippen molar-refractivity contribution in [3.8, 4) is 11.5 Å². The van der Waals surface area contributed by atoms with Crippen LogP contribution in [0, 0.1) is 0 Å². The van der Waals surface area contributed by atoms with Crippen LogP contribution in [-0.2, 0) is 7.05 Å². The maximum absolute atomic E-state index is 12.4. The second kappa shape index (κ2) is 6.76. The van der Waals surface area contributed by atoms with E-state index in [1.165, 1.54) is 17.4 Å². The van der Waals surface area contributed by atoms with E-state index >= 15 is 0 Å².